The minimum atomic E-state index is 0.873. The molecule has 0 unspecified atom stereocenters. The van der Waals surface area contributed by atoms with Crippen molar-refractivity contribution >= 4 is 21.6 Å². The molecule has 1 rings (SSSR count). The number of rotatable bonds is 1. The Bertz CT molecular complexity index is 205. The first kappa shape index (κ1) is 7.54. The average Bonchev–Trinajstić information content (AvgIpc) is 1.88. The van der Waals surface area contributed by atoms with Gasteiger partial charge in [-0.05, 0) is 28.1 Å². The van der Waals surface area contributed by atoms with Gasteiger partial charge in [0.15, 0.2) is 0 Å². The summed E-state index contributed by atoms with van der Waals surface area (Å²) in [6, 6.07) is 3.94. The van der Waals surface area contributed by atoms with E-state index in [4.69, 9.17) is 0 Å². The molecule has 0 amide bonds. The second-order valence-corrected chi connectivity index (χ2v) is 3.05. The van der Waals surface area contributed by atoms with Crippen LogP contribution in [0.5, 0.6) is 0 Å². The molecule has 2 nitrogen and oxygen atoms in total. The van der Waals surface area contributed by atoms with Gasteiger partial charge in [0.25, 0.3) is 0 Å². The van der Waals surface area contributed by atoms with Crippen LogP contribution in [-0.2, 0) is 0 Å². The van der Waals surface area contributed by atoms with Gasteiger partial charge in [-0.25, -0.2) is 4.98 Å². The van der Waals surface area contributed by atoms with Gasteiger partial charge >= 0.3 is 0 Å². The van der Waals surface area contributed by atoms with Crippen LogP contribution < -0.4 is 4.90 Å². The van der Waals surface area contributed by atoms with Crippen molar-refractivity contribution in [2.45, 2.75) is 0 Å². The van der Waals surface area contributed by atoms with Crippen LogP contribution >= 0.6 is 15.9 Å². The van der Waals surface area contributed by atoms with Gasteiger partial charge in [-0.15, -0.1) is 0 Å². The van der Waals surface area contributed by atoms with Gasteiger partial charge in [0.2, 0.25) is 0 Å². The molecule has 0 aromatic carbocycles. The maximum atomic E-state index is 4.08. The van der Waals surface area contributed by atoms with E-state index in [9.17, 15) is 0 Å². The summed E-state index contributed by atoms with van der Waals surface area (Å²) < 4.78 is 0.873. The number of halogens is 1. The molecule has 1 heterocycles. The molecule has 0 spiro atoms. The monoisotopic (exact) mass is 200 g/mol. The first-order valence-electron chi connectivity index (χ1n) is 2.99. The van der Waals surface area contributed by atoms with Crippen molar-refractivity contribution in [3.05, 3.63) is 22.9 Å². The van der Waals surface area contributed by atoms with E-state index in [1.165, 1.54) is 0 Å². The van der Waals surface area contributed by atoms with Crippen molar-refractivity contribution < 1.29 is 0 Å². The summed E-state index contributed by atoms with van der Waals surface area (Å²) in [6.07, 6.45) is 1.82. The summed E-state index contributed by atoms with van der Waals surface area (Å²) >= 11 is 3.26. The Morgan fingerprint density at radius 2 is 2.10 bits per heavy atom. The molecule has 0 saturated carbocycles. The lowest BCUT2D eigenvalue weighted by molar-refractivity contribution is 1.10. The van der Waals surface area contributed by atoms with Gasteiger partial charge in [-0.3, -0.25) is 0 Å². The Hall–Kier alpha value is -0.570. The zero-order chi connectivity index (χ0) is 7.56. The maximum absolute atomic E-state index is 4.08. The summed E-state index contributed by atoms with van der Waals surface area (Å²) in [5, 5.41) is 0. The first-order valence-corrected chi connectivity index (χ1v) is 3.78. The first-order chi connectivity index (χ1) is 4.70. The smallest absolute Gasteiger partial charge is 0.106 e. The second kappa shape index (κ2) is 3.01. The van der Waals surface area contributed by atoms with Crippen molar-refractivity contribution in [2.24, 2.45) is 0 Å². The molecule has 1 aromatic heterocycles. The van der Waals surface area contributed by atoms with E-state index in [2.05, 4.69) is 20.9 Å². The van der Waals surface area contributed by atoms with E-state index in [1.54, 1.807) is 0 Å². The Kier molecular flexibility index (Phi) is 2.27. The number of anilines is 1. The van der Waals surface area contributed by atoms with Crippen LogP contribution in [0.1, 0.15) is 0 Å². The van der Waals surface area contributed by atoms with Crippen LogP contribution in [0.15, 0.2) is 22.9 Å². The molecule has 54 valence electrons. The lowest BCUT2D eigenvalue weighted by atomic mass is 10.4. The molecule has 0 atom stereocenters. The zero-order valence-corrected chi connectivity index (χ0v) is 7.59. The minimum Gasteiger partial charge on any atom is -0.376 e. The highest BCUT2D eigenvalue weighted by molar-refractivity contribution is 9.10. The lowest BCUT2D eigenvalue weighted by Crippen LogP contribution is -2.08. The van der Waals surface area contributed by atoms with E-state index >= 15 is 0 Å². The number of hydrogen-bond acceptors (Lipinski definition) is 2. The third kappa shape index (κ3) is 1.70. The summed E-state index contributed by atoms with van der Waals surface area (Å²) in [6.45, 7) is 0. The number of aromatic nitrogens is 1. The normalized spacial score (nSPS) is 9.50. The van der Waals surface area contributed by atoms with Crippen LogP contribution in [0.4, 0.5) is 5.69 Å². The highest BCUT2D eigenvalue weighted by Crippen LogP contribution is 2.11. The molecule has 0 saturated heterocycles. The molecule has 1 aromatic rings. The third-order valence-electron chi connectivity index (χ3n) is 1.23. The van der Waals surface area contributed by atoms with E-state index in [0.717, 1.165) is 10.3 Å². The van der Waals surface area contributed by atoms with Gasteiger partial charge in [-0.2, -0.15) is 0 Å². The van der Waals surface area contributed by atoms with Crippen molar-refractivity contribution in [2.75, 3.05) is 19.0 Å². The van der Waals surface area contributed by atoms with Crippen molar-refractivity contribution in [1.82, 2.24) is 4.98 Å². The van der Waals surface area contributed by atoms with Crippen LogP contribution in [-0.4, -0.2) is 19.1 Å². The van der Waals surface area contributed by atoms with Gasteiger partial charge in [0.1, 0.15) is 4.60 Å². The van der Waals surface area contributed by atoms with Crippen molar-refractivity contribution in [1.29, 1.82) is 0 Å². The summed E-state index contributed by atoms with van der Waals surface area (Å²) in [4.78, 5) is 6.09. The molecule has 10 heavy (non-hydrogen) atoms. The van der Waals surface area contributed by atoms with Crippen LogP contribution in [0.2, 0.25) is 0 Å². The molecule has 0 bridgehead atoms. The molecule has 0 aliphatic rings. The Labute approximate surface area is 69.0 Å². The molecule has 0 fully saturated rings. The molecule has 0 radical (unpaired) electrons. The lowest BCUT2D eigenvalue weighted by Gasteiger charge is -2.10. The van der Waals surface area contributed by atoms with Crippen LogP contribution in [0, 0.1) is 0 Å². The Morgan fingerprint density at radius 3 is 2.50 bits per heavy atom. The number of nitrogens with zero attached hydrogens (tertiary/aromatic N) is 2. The fourth-order valence-electron chi connectivity index (χ4n) is 0.633. The van der Waals surface area contributed by atoms with Crippen LogP contribution in [0.3, 0.4) is 0 Å². The number of hydrogen-bond donors (Lipinski definition) is 0. The van der Waals surface area contributed by atoms with E-state index in [-0.39, 0.29) is 0 Å². The molecule has 0 aliphatic heterocycles. The van der Waals surface area contributed by atoms with E-state index < -0.39 is 0 Å². The standard InChI is InChI=1S/C7H9BrN2/c1-10(2)6-3-4-7(8)9-5-6/h3-5H,1-2H3. The molecular weight excluding hydrogens is 192 g/mol. The minimum absolute atomic E-state index is 0.873. The third-order valence-corrected chi connectivity index (χ3v) is 1.70. The van der Waals surface area contributed by atoms with Gasteiger partial charge in [0, 0.05) is 14.1 Å². The average molecular weight is 201 g/mol. The van der Waals surface area contributed by atoms with Gasteiger partial charge in [0.05, 0.1) is 11.9 Å². The predicted octanol–water partition coefficient (Wildman–Crippen LogP) is 1.91. The second-order valence-electron chi connectivity index (χ2n) is 2.23. The van der Waals surface area contributed by atoms with Crippen molar-refractivity contribution in [3.8, 4) is 0 Å². The SMILES string of the molecule is CN(C)c1ccc(Br)nc1. The fourth-order valence-corrected chi connectivity index (χ4v) is 0.867. The molecular formula is C7H9BrN2. The summed E-state index contributed by atoms with van der Waals surface area (Å²) in [5.74, 6) is 0. The van der Waals surface area contributed by atoms with E-state index in [1.807, 2.05) is 37.3 Å². The molecule has 3 heteroatoms. The Morgan fingerprint density at radius 1 is 1.40 bits per heavy atom. The highest BCUT2D eigenvalue weighted by atomic mass is 79.9. The van der Waals surface area contributed by atoms with Crippen molar-refractivity contribution in [3.63, 3.8) is 0 Å². The van der Waals surface area contributed by atoms with Crippen LogP contribution in [0.25, 0.3) is 0 Å². The topological polar surface area (TPSA) is 16.1 Å². The quantitative estimate of drug-likeness (QED) is 0.645. The largest absolute Gasteiger partial charge is 0.376 e. The summed E-state index contributed by atoms with van der Waals surface area (Å²) in [7, 11) is 3.98. The van der Waals surface area contributed by atoms with Gasteiger partial charge < -0.3 is 4.90 Å². The molecule has 0 N–H and O–H groups in total. The predicted molar refractivity (Wildman–Crippen MR) is 46.3 cm³/mol. The highest BCUT2D eigenvalue weighted by Gasteiger charge is 1.92. The zero-order valence-electron chi connectivity index (χ0n) is 6.00. The maximum Gasteiger partial charge on any atom is 0.106 e. The fraction of sp³-hybridized carbons (Fsp3) is 0.286. The Balaban J connectivity index is 2.89. The summed E-state index contributed by atoms with van der Waals surface area (Å²) in [5.41, 5.74) is 1.11. The molecule has 0 aliphatic carbocycles. The number of pyridine rings is 1. The van der Waals surface area contributed by atoms with E-state index in [0.29, 0.717) is 0 Å². The van der Waals surface area contributed by atoms with Gasteiger partial charge in [-0.1, -0.05) is 0 Å².